The summed E-state index contributed by atoms with van der Waals surface area (Å²) in [6.45, 7) is 1.26. The summed E-state index contributed by atoms with van der Waals surface area (Å²) in [4.78, 5) is 14.7. The lowest BCUT2D eigenvalue weighted by Gasteiger charge is -2.34. The van der Waals surface area contributed by atoms with E-state index in [-0.39, 0.29) is 11.6 Å². The van der Waals surface area contributed by atoms with Crippen LogP contribution in [0.4, 0.5) is 19.3 Å². The van der Waals surface area contributed by atoms with Gasteiger partial charge in [-0.3, -0.25) is 4.90 Å². The molecule has 0 spiro atoms. The Kier molecular flexibility index (Phi) is 3.09. The molecule has 3 nitrogen and oxygen atoms in total. The molecule has 1 heterocycles. The second-order valence-corrected chi connectivity index (χ2v) is 5.40. The van der Waals surface area contributed by atoms with E-state index in [4.69, 9.17) is 0 Å². The van der Waals surface area contributed by atoms with Gasteiger partial charge in [0.15, 0.2) is 0 Å². The molecule has 0 unspecified atom stereocenters. The van der Waals surface area contributed by atoms with E-state index in [0.717, 1.165) is 12.5 Å². The molecule has 1 aromatic rings. The summed E-state index contributed by atoms with van der Waals surface area (Å²) >= 11 is 3.30. The predicted octanol–water partition coefficient (Wildman–Crippen LogP) is 3.56. The van der Waals surface area contributed by atoms with Gasteiger partial charge in [0.05, 0.1) is 12.2 Å². The van der Waals surface area contributed by atoms with E-state index in [1.54, 1.807) is 14.1 Å². The number of alkyl halides is 2. The van der Waals surface area contributed by atoms with Gasteiger partial charge in [0.1, 0.15) is 0 Å². The molecule has 98 valence electrons. The lowest BCUT2D eigenvalue weighted by molar-refractivity contribution is 0.0174. The number of carbonyl (C=O) groups is 1. The van der Waals surface area contributed by atoms with Crippen LogP contribution in [0.25, 0.3) is 0 Å². The number of urea groups is 1. The first-order valence-electron chi connectivity index (χ1n) is 5.41. The van der Waals surface area contributed by atoms with E-state index in [2.05, 4.69) is 15.9 Å². The summed E-state index contributed by atoms with van der Waals surface area (Å²) in [7, 11) is 3.26. The van der Waals surface area contributed by atoms with Crippen molar-refractivity contribution in [1.29, 1.82) is 0 Å². The highest BCUT2D eigenvalue weighted by Crippen LogP contribution is 2.38. The van der Waals surface area contributed by atoms with E-state index >= 15 is 0 Å². The molecule has 18 heavy (non-hydrogen) atoms. The second kappa shape index (κ2) is 4.19. The van der Waals surface area contributed by atoms with Crippen LogP contribution in [0, 0.1) is 0 Å². The van der Waals surface area contributed by atoms with Crippen LogP contribution < -0.4 is 4.90 Å². The normalized spacial score (nSPS) is 16.0. The lowest BCUT2D eigenvalue weighted by Crippen LogP contribution is -2.43. The molecule has 0 atom stereocenters. The summed E-state index contributed by atoms with van der Waals surface area (Å²) in [6, 6.07) is 2.59. The van der Waals surface area contributed by atoms with E-state index < -0.39 is 5.92 Å². The molecule has 0 fully saturated rings. The largest absolute Gasteiger partial charge is 0.324 e. The van der Waals surface area contributed by atoms with Crippen LogP contribution in [0.2, 0.25) is 0 Å². The first kappa shape index (κ1) is 13.3. The molecule has 1 aromatic carbocycles. The standard InChI is InChI=1S/C12H13BrF2N2O/c1-12(14,15)7-4-9(13)8-6-16(2)11(18)17(3)10(8)5-7/h4-5H,6H2,1-3H3. The van der Waals surface area contributed by atoms with Gasteiger partial charge in [-0.15, -0.1) is 0 Å². The van der Waals surface area contributed by atoms with Crippen molar-refractivity contribution in [3.05, 3.63) is 27.7 Å². The Hall–Kier alpha value is -1.17. The van der Waals surface area contributed by atoms with Gasteiger partial charge in [0.2, 0.25) is 0 Å². The zero-order valence-electron chi connectivity index (χ0n) is 10.3. The molecular formula is C12H13BrF2N2O. The average molecular weight is 319 g/mol. The molecule has 2 amide bonds. The van der Waals surface area contributed by atoms with Gasteiger partial charge >= 0.3 is 6.03 Å². The fourth-order valence-electron chi connectivity index (χ4n) is 2.00. The number of hydrogen-bond acceptors (Lipinski definition) is 1. The molecule has 0 aromatic heterocycles. The second-order valence-electron chi connectivity index (χ2n) is 4.54. The number of amides is 2. The van der Waals surface area contributed by atoms with Gasteiger partial charge in [0, 0.05) is 36.6 Å². The number of hydrogen-bond donors (Lipinski definition) is 0. The third-order valence-corrected chi connectivity index (χ3v) is 3.76. The van der Waals surface area contributed by atoms with Crippen molar-refractivity contribution >= 4 is 27.6 Å². The number of rotatable bonds is 1. The number of halogens is 3. The Bertz CT molecular complexity index is 514. The van der Waals surface area contributed by atoms with E-state index in [1.165, 1.54) is 21.9 Å². The number of anilines is 1. The third-order valence-electron chi connectivity index (χ3n) is 3.05. The minimum absolute atomic E-state index is 0.0997. The zero-order valence-corrected chi connectivity index (χ0v) is 11.9. The van der Waals surface area contributed by atoms with Gasteiger partial charge < -0.3 is 4.90 Å². The summed E-state index contributed by atoms with van der Waals surface area (Å²) in [5.74, 6) is -2.93. The molecule has 0 radical (unpaired) electrons. The maximum atomic E-state index is 13.4. The number of fused-ring (bicyclic) bond motifs is 1. The number of carbonyl (C=O) groups excluding carboxylic acids is 1. The molecule has 0 N–H and O–H groups in total. The molecule has 0 bridgehead atoms. The quantitative estimate of drug-likeness (QED) is 0.776. The fraction of sp³-hybridized carbons (Fsp3) is 0.417. The highest BCUT2D eigenvalue weighted by atomic mass is 79.9. The minimum atomic E-state index is -2.93. The van der Waals surface area contributed by atoms with Crippen LogP contribution >= 0.6 is 15.9 Å². The summed E-state index contributed by atoms with van der Waals surface area (Å²) in [5.41, 5.74) is 1.27. The smallest absolute Gasteiger partial charge is 0.323 e. The fourth-order valence-corrected chi connectivity index (χ4v) is 2.57. The first-order valence-corrected chi connectivity index (χ1v) is 6.20. The van der Waals surface area contributed by atoms with Gasteiger partial charge in [0.25, 0.3) is 5.92 Å². The van der Waals surface area contributed by atoms with E-state index in [9.17, 15) is 13.6 Å². The van der Waals surface area contributed by atoms with Crippen molar-refractivity contribution < 1.29 is 13.6 Å². The first-order chi connectivity index (χ1) is 8.21. The third kappa shape index (κ3) is 2.09. The Morgan fingerprint density at radius 3 is 2.50 bits per heavy atom. The Morgan fingerprint density at radius 2 is 1.94 bits per heavy atom. The average Bonchev–Trinajstić information content (AvgIpc) is 2.26. The van der Waals surface area contributed by atoms with Crippen LogP contribution in [0.3, 0.4) is 0 Å². The van der Waals surface area contributed by atoms with Crippen LogP contribution in [0.15, 0.2) is 16.6 Å². The maximum Gasteiger partial charge on any atom is 0.324 e. The molecule has 0 saturated heterocycles. The van der Waals surface area contributed by atoms with Crippen molar-refractivity contribution in [2.45, 2.75) is 19.4 Å². The van der Waals surface area contributed by atoms with Crippen molar-refractivity contribution in [1.82, 2.24) is 4.90 Å². The van der Waals surface area contributed by atoms with Crippen LogP contribution in [-0.2, 0) is 12.5 Å². The minimum Gasteiger partial charge on any atom is -0.323 e. The highest BCUT2D eigenvalue weighted by molar-refractivity contribution is 9.10. The van der Waals surface area contributed by atoms with Crippen molar-refractivity contribution in [3.8, 4) is 0 Å². The predicted molar refractivity (Wildman–Crippen MR) is 69.0 cm³/mol. The van der Waals surface area contributed by atoms with Gasteiger partial charge in [-0.1, -0.05) is 15.9 Å². The van der Waals surface area contributed by atoms with Crippen LogP contribution in [0.1, 0.15) is 18.1 Å². The Labute approximate surface area is 112 Å². The van der Waals surface area contributed by atoms with Crippen LogP contribution in [0.5, 0.6) is 0 Å². The molecule has 1 aliphatic rings. The van der Waals surface area contributed by atoms with Crippen molar-refractivity contribution in [2.75, 3.05) is 19.0 Å². The summed E-state index contributed by atoms with van der Waals surface area (Å²) < 4.78 is 27.3. The molecular weight excluding hydrogens is 306 g/mol. The SMILES string of the molecule is CN1Cc2c(Br)cc(C(C)(F)F)cc2N(C)C1=O. The lowest BCUT2D eigenvalue weighted by atomic mass is 10.0. The van der Waals surface area contributed by atoms with Gasteiger partial charge in [-0.25, -0.2) is 13.6 Å². The molecule has 0 aliphatic carbocycles. The molecule has 0 saturated carbocycles. The van der Waals surface area contributed by atoms with Crippen molar-refractivity contribution in [2.24, 2.45) is 0 Å². The highest BCUT2D eigenvalue weighted by Gasteiger charge is 2.31. The van der Waals surface area contributed by atoms with Gasteiger partial charge in [-0.2, -0.15) is 0 Å². The summed E-state index contributed by atoms with van der Waals surface area (Å²) in [5, 5.41) is 0. The monoisotopic (exact) mass is 318 g/mol. The Morgan fingerprint density at radius 1 is 1.33 bits per heavy atom. The van der Waals surface area contributed by atoms with Crippen molar-refractivity contribution in [3.63, 3.8) is 0 Å². The maximum absolute atomic E-state index is 13.4. The number of benzene rings is 1. The molecule has 1 aliphatic heterocycles. The van der Waals surface area contributed by atoms with Gasteiger partial charge in [-0.05, 0) is 12.1 Å². The number of nitrogens with zero attached hydrogens (tertiary/aromatic N) is 2. The Balaban J connectivity index is 2.60. The van der Waals surface area contributed by atoms with Crippen LogP contribution in [-0.4, -0.2) is 25.0 Å². The molecule has 6 heteroatoms. The zero-order chi connectivity index (χ0) is 13.7. The molecule has 2 rings (SSSR count). The van der Waals surface area contributed by atoms with E-state index in [1.807, 2.05) is 0 Å². The topological polar surface area (TPSA) is 23.6 Å². The summed E-state index contributed by atoms with van der Waals surface area (Å²) in [6.07, 6.45) is 0. The van der Waals surface area contributed by atoms with E-state index in [0.29, 0.717) is 16.7 Å².